The first kappa shape index (κ1) is 13.1. The first-order valence-electron chi connectivity index (χ1n) is 6.81. The summed E-state index contributed by atoms with van der Waals surface area (Å²) in [4.78, 5) is 4.49. The van der Waals surface area contributed by atoms with Gasteiger partial charge in [0.05, 0.1) is 17.1 Å². The number of nitrogens with zero attached hydrogens (tertiary/aromatic N) is 2. The number of anilines is 2. The molecule has 3 heteroatoms. The molecule has 3 rings (SSSR count). The first-order chi connectivity index (χ1) is 10.2. The maximum atomic E-state index is 8.84. The number of hydrogen-bond donors (Lipinski definition) is 1. The average molecular weight is 273 g/mol. The number of benzene rings is 2. The number of hydrogen-bond acceptors (Lipinski definition) is 3. The van der Waals surface area contributed by atoms with Crippen LogP contribution >= 0.6 is 0 Å². The van der Waals surface area contributed by atoms with Crippen LogP contribution in [0.1, 0.15) is 16.7 Å². The molecule has 0 amide bonds. The summed E-state index contributed by atoms with van der Waals surface area (Å²) in [6.45, 7) is 4.19. The second-order valence-electron chi connectivity index (χ2n) is 5.08. The zero-order valence-corrected chi connectivity index (χ0v) is 12.0. The molecule has 1 aromatic heterocycles. The highest BCUT2D eigenvalue weighted by Crippen LogP contribution is 2.28. The Bertz CT molecular complexity index is 843. The molecule has 0 aliphatic rings. The minimum atomic E-state index is 0.659. The average Bonchev–Trinajstić information content (AvgIpc) is 2.52. The lowest BCUT2D eigenvalue weighted by Gasteiger charge is -2.11. The van der Waals surface area contributed by atoms with Crippen molar-refractivity contribution in [3.05, 3.63) is 65.4 Å². The van der Waals surface area contributed by atoms with Gasteiger partial charge < -0.3 is 5.32 Å². The van der Waals surface area contributed by atoms with Gasteiger partial charge in [0.2, 0.25) is 0 Å². The number of fused-ring (bicyclic) bond motifs is 1. The maximum absolute atomic E-state index is 8.84. The number of aromatic nitrogens is 1. The third-order valence-electron chi connectivity index (χ3n) is 3.73. The molecular weight excluding hydrogens is 258 g/mol. The highest BCUT2D eigenvalue weighted by Gasteiger charge is 2.06. The van der Waals surface area contributed by atoms with Crippen molar-refractivity contribution in [3.63, 3.8) is 0 Å². The van der Waals surface area contributed by atoms with Gasteiger partial charge in [-0.25, -0.2) is 0 Å². The van der Waals surface area contributed by atoms with Crippen LogP contribution in [-0.4, -0.2) is 4.98 Å². The van der Waals surface area contributed by atoms with E-state index in [0.717, 1.165) is 22.3 Å². The predicted octanol–water partition coefficient (Wildman–Crippen LogP) is 4.47. The van der Waals surface area contributed by atoms with Crippen LogP contribution in [0, 0.1) is 25.2 Å². The number of aryl methyl sites for hydroxylation is 2. The van der Waals surface area contributed by atoms with Crippen molar-refractivity contribution < 1.29 is 0 Å². The Balaban J connectivity index is 2.04. The van der Waals surface area contributed by atoms with Gasteiger partial charge in [-0.05, 0) is 55.3 Å². The summed E-state index contributed by atoms with van der Waals surface area (Å²) in [5.74, 6) is 0. The lowest BCUT2D eigenvalue weighted by Crippen LogP contribution is -1.94. The largest absolute Gasteiger partial charge is 0.355 e. The van der Waals surface area contributed by atoms with E-state index >= 15 is 0 Å². The van der Waals surface area contributed by atoms with Crippen LogP contribution in [0.15, 0.2) is 48.7 Å². The highest BCUT2D eigenvalue weighted by molar-refractivity contribution is 5.95. The van der Waals surface area contributed by atoms with Gasteiger partial charge in [-0.1, -0.05) is 12.1 Å². The Hall–Kier alpha value is -2.86. The summed E-state index contributed by atoms with van der Waals surface area (Å²) in [6, 6.07) is 15.7. The molecule has 0 aliphatic carbocycles. The van der Waals surface area contributed by atoms with Crippen LogP contribution < -0.4 is 5.32 Å². The highest BCUT2D eigenvalue weighted by atomic mass is 14.9. The van der Waals surface area contributed by atoms with Crippen molar-refractivity contribution in [1.29, 1.82) is 5.26 Å². The summed E-state index contributed by atoms with van der Waals surface area (Å²) >= 11 is 0. The molecule has 0 spiro atoms. The quantitative estimate of drug-likeness (QED) is 0.749. The van der Waals surface area contributed by atoms with E-state index in [2.05, 4.69) is 42.4 Å². The van der Waals surface area contributed by atoms with Gasteiger partial charge in [0.25, 0.3) is 0 Å². The molecule has 0 atom stereocenters. The predicted molar refractivity (Wildman–Crippen MR) is 85.7 cm³/mol. The molecule has 2 aromatic carbocycles. The van der Waals surface area contributed by atoms with Crippen LogP contribution in [0.3, 0.4) is 0 Å². The van der Waals surface area contributed by atoms with E-state index in [9.17, 15) is 0 Å². The van der Waals surface area contributed by atoms with E-state index in [-0.39, 0.29) is 0 Å². The molecule has 1 N–H and O–H groups in total. The molecule has 0 radical (unpaired) electrons. The van der Waals surface area contributed by atoms with Crippen LogP contribution in [0.4, 0.5) is 11.4 Å². The standard InChI is InChI=1S/C18H15N3/c1-12-3-8-16-17(9-10-20-18(16)13(12)2)21-15-6-4-14(11-19)5-7-15/h3-10H,1-2H3,(H,20,21). The van der Waals surface area contributed by atoms with E-state index in [4.69, 9.17) is 5.26 Å². The minimum absolute atomic E-state index is 0.659. The van der Waals surface area contributed by atoms with Crippen molar-refractivity contribution in [2.24, 2.45) is 0 Å². The lowest BCUT2D eigenvalue weighted by atomic mass is 10.0. The molecule has 0 saturated carbocycles. The molecule has 0 fully saturated rings. The van der Waals surface area contributed by atoms with Gasteiger partial charge in [-0.15, -0.1) is 0 Å². The topological polar surface area (TPSA) is 48.7 Å². The fraction of sp³-hybridized carbons (Fsp3) is 0.111. The summed E-state index contributed by atoms with van der Waals surface area (Å²) in [5, 5.41) is 13.3. The molecule has 3 aromatic rings. The Kier molecular flexibility index (Phi) is 3.29. The zero-order valence-electron chi connectivity index (χ0n) is 12.0. The fourth-order valence-corrected chi connectivity index (χ4v) is 2.35. The SMILES string of the molecule is Cc1ccc2c(Nc3ccc(C#N)cc3)ccnc2c1C. The van der Waals surface area contributed by atoms with E-state index in [0.29, 0.717) is 5.56 Å². The molecule has 1 heterocycles. The number of pyridine rings is 1. The second-order valence-corrected chi connectivity index (χ2v) is 5.08. The van der Waals surface area contributed by atoms with Crippen molar-refractivity contribution >= 4 is 22.3 Å². The number of nitriles is 1. The van der Waals surface area contributed by atoms with Crippen LogP contribution in [0.25, 0.3) is 10.9 Å². The smallest absolute Gasteiger partial charge is 0.0991 e. The maximum Gasteiger partial charge on any atom is 0.0991 e. The molecule has 0 bridgehead atoms. The first-order valence-corrected chi connectivity index (χ1v) is 6.81. The van der Waals surface area contributed by atoms with Gasteiger partial charge in [0.1, 0.15) is 0 Å². The molecule has 21 heavy (non-hydrogen) atoms. The van der Waals surface area contributed by atoms with Crippen LogP contribution in [0.2, 0.25) is 0 Å². The molecule has 3 nitrogen and oxygen atoms in total. The summed E-state index contributed by atoms with van der Waals surface area (Å²) in [6.07, 6.45) is 1.82. The zero-order chi connectivity index (χ0) is 14.8. The number of nitrogens with one attached hydrogen (secondary N) is 1. The van der Waals surface area contributed by atoms with Crippen molar-refractivity contribution in [2.75, 3.05) is 5.32 Å². The summed E-state index contributed by atoms with van der Waals surface area (Å²) in [7, 11) is 0. The summed E-state index contributed by atoms with van der Waals surface area (Å²) < 4.78 is 0. The van der Waals surface area contributed by atoms with Crippen LogP contribution in [0.5, 0.6) is 0 Å². The van der Waals surface area contributed by atoms with Crippen molar-refractivity contribution in [1.82, 2.24) is 4.98 Å². The van der Waals surface area contributed by atoms with Crippen LogP contribution in [-0.2, 0) is 0 Å². The monoisotopic (exact) mass is 273 g/mol. The molecule has 0 saturated heterocycles. The Morgan fingerprint density at radius 2 is 1.76 bits per heavy atom. The summed E-state index contributed by atoms with van der Waals surface area (Å²) in [5.41, 5.74) is 6.11. The second kappa shape index (κ2) is 5.26. The number of rotatable bonds is 2. The van der Waals surface area contributed by atoms with E-state index in [1.807, 2.05) is 24.4 Å². The van der Waals surface area contributed by atoms with E-state index in [1.54, 1.807) is 12.1 Å². The Morgan fingerprint density at radius 1 is 1.00 bits per heavy atom. The minimum Gasteiger partial charge on any atom is -0.355 e. The molecule has 0 aliphatic heterocycles. The third-order valence-corrected chi connectivity index (χ3v) is 3.73. The Morgan fingerprint density at radius 3 is 2.48 bits per heavy atom. The van der Waals surface area contributed by atoms with Gasteiger partial charge in [0, 0.05) is 23.0 Å². The van der Waals surface area contributed by atoms with E-state index < -0.39 is 0 Å². The Labute approximate surface area is 123 Å². The van der Waals surface area contributed by atoms with Gasteiger partial charge in [-0.3, -0.25) is 4.98 Å². The van der Waals surface area contributed by atoms with Crippen molar-refractivity contribution in [3.8, 4) is 6.07 Å². The van der Waals surface area contributed by atoms with E-state index in [1.165, 1.54) is 11.1 Å². The third kappa shape index (κ3) is 2.44. The lowest BCUT2D eigenvalue weighted by molar-refractivity contribution is 1.31. The fourth-order valence-electron chi connectivity index (χ4n) is 2.35. The van der Waals surface area contributed by atoms with Gasteiger partial charge >= 0.3 is 0 Å². The van der Waals surface area contributed by atoms with Crippen molar-refractivity contribution in [2.45, 2.75) is 13.8 Å². The molecular formula is C18H15N3. The molecule has 0 unspecified atom stereocenters. The normalized spacial score (nSPS) is 10.3. The molecule has 102 valence electrons. The van der Waals surface area contributed by atoms with Gasteiger partial charge in [-0.2, -0.15) is 5.26 Å². The van der Waals surface area contributed by atoms with Gasteiger partial charge in [0.15, 0.2) is 0 Å².